The van der Waals surface area contributed by atoms with Gasteiger partial charge in [-0.05, 0) is 50.6 Å². The van der Waals surface area contributed by atoms with Gasteiger partial charge in [-0.1, -0.05) is 25.3 Å². The van der Waals surface area contributed by atoms with Crippen LogP contribution in [0, 0.1) is 11.3 Å². The number of nitrogens with zero attached hydrogens (tertiary/aromatic N) is 4. The first-order valence-electron chi connectivity index (χ1n) is 13.2. The quantitative estimate of drug-likeness (QED) is 0.229. The van der Waals surface area contributed by atoms with E-state index >= 15 is 0 Å². The lowest BCUT2D eigenvalue weighted by atomic mass is 9.81. The van der Waals surface area contributed by atoms with Gasteiger partial charge in [-0.25, -0.2) is 13.4 Å². The SMILES string of the molecule is C[C@H](NS(=O)(=O)c1ccc(-c2sc(-c3nnc(CC(C)(C)C(=O)O)o3)nc2CC2CCC2)c2ccncc12)C(F)(F)F. The van der Waals surface area contributed by atoms with Crippen LogP contribution < -0.4 is 4.72 Å². The van der Waals surface area contributed by atoms with Crippen molar-refractivity contribution in [1.82, 2.24) is 24.9 Å². The highest BCUT2D eigenvalue weighted by Gasteiger charge is 2.39. The minimum Gasteiger partial charge on any atom is -0.481 e. The van der Waals surface area contributed by atoms with Gasteiger partial charge in [-0.3, -0.25) is 9.78 Å². The summed E-state index contributed by atoms with van der Waals surface area (Å²) in [6.07, 6.45) is 1.94. The maximum atomic E-state index is 13.1. The van der Waals surface area contributed by atoms with E-state index in [2.05, 4.69) is 15.2 Å². The summed E-state index contributed by atoms with van der Waals surface area (Å²) in [5.74, 6) is -0.292. The van der Waals surface area contributed by atoms with Crippen molar-refractivity contribution >= 4 is 38.1 Å². The van der Waals surface area contributed by atoms with Gasteiger partial charge in [-0.2, -0.15) is 17.9 Å². The van der Waals surface area contributed by atoms with Crippen LogP contribution in [0.15, 0.2) is 39.9 Å². The number of aliphatic carboxylic acids is 1. The Morgan fingerprint density at radius 3 is 2.57 bits per heavy atom. The van der Waals surface area contributed by atoms with E-state index in [1.165, 1.54) is 29.8 Å². The van der Waals surface area contributed by atoms with Gasteiger partial charge in [0, 0.05) is 29.8 Å². The van der Waals surface area contributed by atoms with E-state index in [4.69, 9.17) is 9.40 Å². The number of hydrogen-bond donors (Lipinski definition) is 2. The van der Waals surface area contributed by atoms with Crippen molar-refractivity contribution in [2.45, 2.75) is 70.0 Å². The molecule has 1 aromatic carbocycles. The molecule has 3 heterocycles. The number of benzene rings is 1. The normalized spacial score (nSPS) is 15.6. The first-order chi connectivity index (χ1) is 19.7. The number of aromatic nitrogens is 4. The summed E-state index contributed by atoms with van der Waals surface area (Å²) in [6.45, 7) is 3.85. The zero-order valence-electron chi connectivity index (χ0n) is 22.9. The molecule has 224 valence electrons. The number of carbonyl (C=O) groups is 1. The highest BCUT2D eigenvalue weighted by molar-refractivity contribution is 7.89. The maximum Gasteiger partial charge on any atom is 0.404 e. The molecule has 1 saturated carbocycles. The third-order valence-electron chi connectivity index (χ3n) is 7.36. The molecule has 15 heteroatoms. The largest absolute Gasteiger partial charge is 0.481 e. The fourth-order valence-electron chi connectivity index (χ4n) is 4.59. The van der Waals surface area contributed by atoms with E-state index in [-0.39, 0.29) is 28.5 Å². The average molecular weight is 624 g/mol. The first kappa shape index (κ1) is 30.0. The number of pyridine rings is 1. The number of fused-ring (bicyclic) bond motifs is 1. The van der Waals surface area contributed by atoms with Gasteiger partial charge < -0.3 is 9.52 Å². The third kappa shape index (κ3) is 6.03. The Kier molecular flexibility index (Phi) is 7.87. The first-order valence-corrected chi connectivity index (χ1v) is 15.5. The summed E-state index contributed by atoms with van der Waals surface area (Å²) >= 11 is 1.26. The van der Waals surface area contributed by atoms with Crippen molar-refractivity contribution in [2.24, 2.45) is 11.3 Å². The Hall–Kier alpha value is -3.43. The number of sulfonamides is 1. The van der Waals surface area contributed by atoms with E-state index in [0.717, 1.165) is 36.8 Å². The van der Waals surface area contributed by atoms with Gasteiger partial charge in [0.05, 0.1) is 20.9 Å². The van der Waals surface area contributed by atoms with Crippen LogP contribution in [0.4, 0.5) is 13.2 Å². The lowest BCUT2D eigenvalue weighted by Gasteiger charge is -2.24. The lowest BCUT2D eigenvalue weighted by Crippen LogP contribution is -2.43. The fraction of sp³-hybridized carbons (Fsp3) is 0.444. The van der Waals surface area contributed by atoms with Gasteiger partial charge in [0.1, 0.15) is 6.04 Å². The van der Waals surface area contributed by atoms with Gasteiger partial charge >= 0.3 is 12.1 Å². The Morgan fingerprint density at radius 2 is 1.93 bits per heavy atom. The van der Waals surface area contributed by atoms with Crippen LogP contribution in [0.2, 0.25) is 0 Å². The van der Waals surface area contributed by atoms with Crippen molar-refractivity contribution in [3.8, 4) is 21.3 Å². The van der Waals surface area contributed by atoms with E-state index in [9.17, 15) is 31.5 Å². The predicted octanol–water partition coefficient (Wildman–Crippen LogP) is 5.63. The van der Waals surface area contributed by atoms with Crippen LogP contribution >= 0.6 is 11.3 Å². The Bertz CT molecular complexity index is 1750. The molecule has 0 bridgehead atoms. The van der Waals surface area contributed by atoms with E-state index < -0.39 is 33.6 Å². The molecule has 1 atom stereocenters. The third-order valence-corrected chi connectivity index (χ3v) is 10.1. The summed E-state index contributed by atoms with van der Waals surface area (Å²) in [5, 5.41) is 18.6. The number of carboxylic acids is 1. The predicted molar refractivity (Wildman–Crippen MR) is 148 cm³/mol. The number of thiazole rings is 1. The van der Waals surface area contributed by atoms with Crippen LogP contribution in [0.3, 0.4) is 0 Å². The number of nitrogens with one attached hydrogen (secondary N) is 1. The average Bonchev–Trinajstić information content (AvgIpc) is 3.51. The molecule has 42 heavy (non-hydrogen) atoms. The molecule has 1 aliphatic carbocycles. The van der Waals surface area contributed by atoms with Crippen LogP contribution in [0.25, 0.3) is 32.1 Å². The van der Waals surface area contributed by atoms with E-state index in [1.54, 1.807) is 30.7 Å². The molecule has 0 radical (unpaired) electrons. The summed E-state index contributed by atoms with van der Waals surface area (Å²) in [7, 11) is -4.55. The molecular weight excluding hydrogens is 595 g/mol. The molecule has 0 saturated heterocycles. The molecule has 1 fully saturated rings. The van der Waals surface area contributed by atoms with Gasteiger partial charge in [0.25, 0.3) is 5.89 Å². The van der Waals surface area contributed by atoms with Crippen LogP contribution in [-0.2, 0) is 27.7 Å². The van der Waals surface area contributed by atoms with Crippen LogP contribution in [0.5, 0.6) is 0 Å². The highest BCUT2D eigenvalue weighted by atomic mass is 32.2. The van der Waals surface area contributed by atoms with Crippen molar-refractivity contribution in [1.29, 1.82) is 0 Å². The second-order valence-corrected chi connectivity index (χ2v) is 13.8. The standard InChI is InChI=1S/C27H28F3N5O5S2/c1-14(27(28,29)30)35-42(38,39)20-8-7-17(16-9-10-31-13-18(16)20)22-19(11-15-5-4-6-15)32-24(41-22)23-34-33-21(40-23)12-26(2,3)25(36)37/h7-10,13-15,35H,4-6,11-12H2,1-3H3,(H,36,37)/t14-/m0/s1. The summed E-state index contributed by atoms with van der Waals surface area (Å²) < 4.78 is 73.0. The van der Waals surface area contributed by atoms with Crippen LogP contribution in [0.1, 0.15) is 51.6 Å². The Labute approximate surface area is 243 Å². The monoisotopic (exact) mass is 623 g/mol. The highest BCUT2D eigenvalue weighted by Crippen LogP contribution is 2.42. The lowest BCUT2D eigenvalue weighted by molar-refractivity contribution is -0.147. The van der Waals surface area contributed by atoms with Crippen LogP contribution in [-0.4, -0.2) is 51.9 Å². The molecular formula is C27H28F3N5O5S2. The summed E-state index contributed by atoms with van der Waals surface area (Å²) in [5.41, 5.74) is 0.276. The molecule has 10 nitrogen and oxygen atoms in total. The number of hydrogen-bond acceptors (Lipinski definition) is 9. The molecule has 0 unspecified atom stereocenters. The number of rotatable bonds is 10. The zero-order valence-corrected chi connectivity index (χ0v) is 24.5. The molecule has 4 aromatic rings. The Balaban J connectivity index is 1.57. The minimum absolute atomic E-state index is 0.0249. The molecule has 5 rings (SSSR count). The number of halogens is 3. The van der Waals surface area contributed by atoms with Gasteiger partial charge in [-0.15, -0.1) is 21.5 Å². The smallest absolute Gasteiger partial charge is 0.404 e. The molecule has 0 aliphatic heterocycles. The molecule has 1 aliphatic rings. The van der Waals surface area contributed by atoms with Crippen molar-refractivity contribution in [3.05, 3.63) is 42.2 Å². The maximum absolute atomic E-state index is 13.1. The topological polar surface area (TPSA) is 148 Å². The minimum atomic E-state index is -4.76. The Morgan fingerprint density at radius 1 is 1.19 bits per heavy atom. The molecule has 2 N–H and O–H groups in total. The van der Waals surface area contributed by atoms with Crippen molar-refractivity contribution < 1.29 is 35.9 Å². The molecule has 0 spiro atoms. The fourth-order valence-corrected chi connectivity index (χ4v) is 7.07. The number of alkyl halides is 3. The second-order valence-electron chi connectivity index (χ2n) is 11.1. The summed E-state index contributed by atoms with van der Waals surface area (Å²) in [6, 6.07) is 2.16. The van der Waals surface area contributed by atoms with Crippen molar-refractivity contribution in [3.63, 3.8) is 0 Å². The molecule has 3 aromatic heterocycles. The van der Waals surface area contributed by atoms with Crippen molar-refractivity contribution in [2.75, 3.05) is 0 Å². The summed E-state index contributed by atoms with van der Waals surface area (Å²) in [4.78, 5) is 20.8. The van der Waals surface area contributed by atoms with Gasteiger partial charge in [0.15, 0.2) is 5.01 Å². The second kappa shape index (κ2) is 11.0. The zero-order chi connectivity index (χ0) is 30.4. The molecule has 0 amide bonds. The number of carboxylic acid groups (broad SMARTS) is 1. The van der Waals surface area contributed by atoms with Gasteiger partial charge in [0.2, 0.25) is 15.9 Å². The van der Waals surface area contributed by atoms with E-state index in [0.29, 0.717) is 28.3 Å². The van der Waals surface area contributed by atoms with E-state index in [1.807, 2.05) is 0 Å².